The lowest BCUT2D eigenvalue weighted by Gasteiger charge is -2.33. The fourth-order valence-corrected chi connectivity index (χ4v) is 1.75. The van der Waals surface area contributed by atoms with Crippen molar-refractivity contribution in [1.82, 2.24) is 25.0 Å². The van der Waals surface area contributed by atoms with E-state index in [2.05, 4.69) is 15.2 Å². The van der Waals surface area contributed by atoms with Crippen molar-refractivity contribution in [3.63, 3.8) is 0 Å². The molecule has 0 aliphatic carbocycles. The molecule has 1 aromatic heterocycles. The van der Waals surface area contributed by atoms with Crippen molar-refractivity contribution in [2.75, 3.05) is 26.2 Å². The van der Waals surface area contributed by atoms with Crippen LogP contribution in [0.4, 0.5) is 0 Å². The molecule has 0 saturated carbocycles. The smallest absolute Gasteiger partial charge is 0.339 e. The number of nitrogens with one attached hydrogen (secondary N) is 2. The van der Waals surface area contributed by atoms with Gasteiger partial charge in [0.15, 0.2) is 0 Å². The van der Waals surface area contributed by atoms with E-state index in [0.29, 0.717) is 26.2 Å². The molecule has 2 N–H and O–H groups in total. The van der Waals surface area contributed by atoms with Crippen LogP contribution in [0.25, 0.3) is 0 Å². The summed E-state index contributed by atoms with van der Waals surface area (Å²) in [6, 6.07) is 0. The standard InChI is InChI=1S/C9H13N5O3/c1-6(15)13-2-4-14(5-3-13)8(16)7-10-9(17)12-11-7/h2-5H2,1H3,(H2,10,11,12,17). The number of piperazine rings is 1. The largest absolute Gasteiger partial charge is 0.341 e. The first-order valence-electron chi connectivity index (χ1n) is 5.27. The molecular formula is C9H13N5O3. The maximum atomic E-state index is 11.9. The van der Waals surface area contributed by atoms with E-state index in [9.17, 15) is 14.4 Å². The molecule has 1 aliphatic heterocycles. The van der Waals surface area contributed by atoms with Gasteiger partial charge in [-0.3, -0.25) is 14.6 Å². The third kappa shape index (κ3) is 2.35. The van der Waals surface area contributed by atoms with Crippen LogP contribution in [-0.2, 0) is 4.79 Å². The fourth-order valence-electron chi connectivity index (χ4n) is 1.75. The van der Waals surface area contributed by atoms with Crippen molar-refractivity contribution < 1.29 is 9.59 Å². The van der Waals surface area contributed by atoms with Crippen molar-refractivity contribution in [2.24, 2.45) is 0 Å². The molecule has 0 bridgehead atoms. The zero-order valence-electron chi connectivity index (χ0n) is 9.39. The molecule has 8 nitrogen and oxygen atoms in total. The van der Waals surface area contributed by atoms with Gasteiger partial charge in [0.25, 0.3) is 5.91 Å². The summed E-state index contributed by atoms with van der Waals surface area (Å²) in [5, 5.41) is 5.72. The summed E-state index contributed by atoms with van der Waals surface area (Å²) in [7, 11) is 0. The van der Waals surface area contributed by atoms with Gasteiger partial charge in [-0.25, -0.2) is 9.89 Å². The minimum atomic E-state index is -0.504. The predicted octanol–water partition coefficient (Wildman–Crippen LogP) is -1.60. The van der Waals surface area contributed by atoms with E-state index < -0.39 is 5.69 Å². The summed E-state index contributed by atoms with van der Waals surface area (Å²) in [5.74, 6) is -0.317. The Bertz CT molecular complexity index is 483. The fraction of sp³-hybridized carbons (Fsp3) is 0.556. The molecule has 1 aromatic rings. The van der Waals surface area contributed by atoms with E-state index in [1.54, 1.807) is 9.80 Å². The Balaban J connectivity index is 1.99. The van der Waals surface area contributed by atoms with E-state index >= 15 is 0 Å². The molecule has 8 heteroatoms. The number of carbonyl (C=O) groups is 2. The summed E-state index contributed by atoms with van der Waals surface area (Å²) in [6.45, 7) is 3.43. The molecule has 1 saturated heterocycles. The highest BCUT2D eigenvalue weighted by atomic mass is 16.2. The van der Waals surface area contributed by atoms with Gasteiger partial charge < -0.3 is 9.80 Å². The van der Waals surface area contributed by atoms with Gasteiger partial charge in [-0.1, -0.05) is 0 Å². The van der Waals surface area contributed by atoms with Gasteiger partial charge in [0.2, 0.25) is 11.7 Å². The highest BCUT2D eigenvalue weighted by molar-refractivity contribution is 5.90. The molecule has 0 radical (unpaired) electrons. The van der Waals surface area contributed by atoms with Crippen LogP contribution in [0.15, 0.2) is 4.79 Å². The Labute approximate surface area is 96.6 Å². The molecule has 1 fully saturated rings. The summed E-state index contributed by atoms with van der Waals surface area (Å²) < 4.78 is 0. The van der Waals surface area contributed by atoms with Gasteiger partial charge in [-0.15, -0.1) is 5.10 Å². The summed E-state index contributed by atoms with van der Waals surface area (Å²) >= 11 is 0. The van der Waals surface area contributed by atoms with E-state index in [0.717, 1.165) is 0 Å². The Hall–Kier alpha value is -2.12. The molecule has 2 rings (SSSR count). The average molecular weight is 239 g/mol. The van der Waals surface area contributed by atoms with Crippen LogP contribution >= 0.6 is 0 Å². The van der Waals surface area contributed by atoms with Crippen molar-refractivity contribution in [3.8, 4) is 0 Å². The number of hydrogen-bond acceptors (Lipinski definition) is 4. The van der Waals surface area contributed by atoms with Crippen LogP contribution < -0.4 is 5.69 Å². The van der Waals surface area contributed by atoms with Gasteiger partial charge in [-0.2, -0.15) is 0 Å². The third-order valence-corrected chi connectivity index (χ3v) is 2.72. The number of aromatic nitrogens is 3. The lowest BCUT2D eigenvalue weighted by Crippen LogP contribution is -2.50. The Morgan fingerprint density at radius 3 is 2.24 bits per heavy atom. The molecule has 0 unspecified atom stereocenters. The van der Waals surface area contributed by atoms with E-state index in [1.807, 2.05) is 0 Å². The van der Waals surface area contributed by atoms with E-state index in [-0.39, 0.29) is 17.6 Å². The zero-order chi connectivity index (χ0) is 12.4. The van der Waals surface area contributed by atoms with Crippen molar-refractivity contribution in [2.45, 2.75) is 6.92 Å². The van der Waals surface area contributed by atoms with Crippen LogP contribution in [0.1, 0.15) is 17.5 Å². The molecule has 0 atom stereocenters. The second-order valence-electron chi connectivity index (χ2n) is 3.82. The first-order chi connectivity index (χ1) is 8.08. The molecule has 2 amide bonds. The highest BCUT2D eigenvalue weighted by Gasteiger charge is 2.24. The summed E-state index contributed by atoms with van der Waals surface area (Å²) in [5.41, 5.74) is -0.504. The molecular weight excluding hydrogens is 226 g/mol. The Kier molecular flexibility index (Phi) is 2.94. The molecule has 2 heterocycles. The van der Waals surface area contributed by atoms with E-state index in [4.69, 9.17) is 0 Å². The number of amides is 2. The predicted molar refractivity (Wildman–Crippen MR) is 57.4 cm³/mol. The minimum Gasteiger partial charge on any atom is -0.339 e. The normalized spacial score (nSPS) is 16.1. The van der Waals surface area contributed by atoms with Crippen LogP contribution in [0.2, 0.25) is 0 Å². The van der Waals surface area contributed by atoms with Gasteiger partial charge >= 0.3 is 5.69 Å². The molecule has 92 valence electrons. The quantitative estimate of drug-likeness (QED) is 0.616. The van der Waals surface area contributed by atoms with E-state index in [1.165, 1.54) is 6.92 Å². The molecule has 0 aromatic carbocycles. The number of carbonyl (C=O) groups excluding carboxylic acids is 2. The van der Waals surface area contributed by atoms with Crippen LogP contribution in [0.5, 0.6) is 0 Å². The monoisotopic (exact) mass is 239 g/mol. The lowest BCUT2D eigenvalue weighted by atomic mass is 10.3. The SMILES string of the molecule is CC(=O)N1CCN(C(=O)c2n[nH]c(=O)[nH]2)CC1. The molecule has 1 aliphatic rings. The lowest BCUT2D eigenvalue weighted by molar-refractivity contribution is -0.130. The molecule has 0 spiro atoms. The van der Waals surface area contributed by atoms with Crippen molar-refractivity contribution in [1.29, 1.82) is 0 Å². The van der Waals surface area contributed by atoms with Crippen LogP contribution in [0, 0.1) is 0 Å². The first-order valence-corrected chi connectivity index (χ1v) is 5.27. The number of H-pyrrole nitrogens is 2. The van der Waals surface area contributed by atoms with Gasteiger partial charge in [0.05, 0.1) is 0 Å². The Morgan fingerprint density at radius 1 is 1.18 bits per heavy atom. The third-order valence-electron chi connectivity index (χ3n) is 2.72. The number of hydrogen-bond donors (Lipinski definition) is 2. The molecule has 17 heavy (non-hydrogen) atoms. The van der Waals surface area contributed by atoms with Gasteiger partial charge in [-0.05, 0) is 0 Å². The number of rotatable bonds is 1. The Morgan fingerprint density at radius 2 is 1.76 bits per heavy atom. The van der Waals surface area contributed by atoms with Gasteiger partial charge in [0, 0.05) is 33.1 Å². The summed E-state index contributed by atoms with van der Waals surface area (Å²) in [4.78, 5) is 39.3. The second-order valence-corrected chi connectivity index (χ2v) is 3.82. The van der Waals surface area contributed by atoms with Gasteiger partial charge in [0.1, 0.15) is 0 Å². The highest BCUT2D eigenvalue weighted by Crippen LogP contribution is 2.04. The zero-order valence-corrected chi connectivity index (χ0v) is 9.39. The number of nitrogens with zero attached hydrogens (tertiary/aromatic N) is 3. The minimum absolute atomic E-state index is 0.00488. The van der Waals surface area contributed by atoms with Crippen molar-refractivity contribution >= 4 is 11.8 Å². The number of aromatic amines is 2. The van der Waals surface area contributed by atoms with Crippen LogP contribution in [-0.4, -0.2) is 63.0 Å². The van der Waals surface area contributed by atoms with Crippen LogP contribution in [0.3, 0.4) is 0 Å². The maximum absolute atomic E-state index is 11.9. The second kappa shape index (κ2) is 4.40. The summed E-state index contributed by atoms with van der Waals surface area (Å²) in [6.07, 6.45) is 0. The topological polar surface area (TPSA) is 102 Å². The average Bonchev–Trinajstić information content (AvgIpc) is 2.75. The first kappa shape index (κ1) is 11.4. The maximum Gasteiger partial charge on any atom is 0.341 e. The van der Waals surface area contributed by atoms with Crippen molar-refractivity contribution in [3.05, 3.63) is 16.3 Å².